The first-order chi connectivity index (χ1) is 9.58. The fraction of sp³-hybridized carbons (Fsp3) is 0.167. The van der Waals surface area contributed by atoms with Gasteiger partial charge in [-0.25, -0.2) is 15.0 Å². The molecule has 2 rings (SSSR count). The molecule has 104 valence electrons. The van der Waals surface area contributed by atoms with Gasteiger partial charge >= 0.3 is 5.97 Å². The van der Waals surface area contributed by atoms with Crippen LogP contribution in [-0.4, -0.2) is 37.9 Å². The Balaban J connectivity index is 2.07. The molecule has 2 aromatic heterocycles. The second-order valence-corrected chi connectivity index (χ2v) is 3.88. The molecule has 0 fully saturated rings. The third kappa shape index (κ3) is 3.18. The fourth-order valence-corrected chi connectivity index (χ4v) is 1.35. The Hall–Kier alpha value is -2.74. The molecule has 0 aliphatic heterocycles. The van der Waals surface area contributed by atoms with E-state index in [1.165, 1.54) is 19.2 Å². The Morgan fingerprint density at radius 2 is 2.25 bits per heavy atom. The summed E-state index contributed by atoms with van der Waals surface area (Å²) in [6, 6.07) is 4.94. The largest absolute Gasteiger partial charge is 0.479 e. The lowest BCUT2D eigenvalue weighted by atomic mass is 10.3. The molecule has 0 saturated carbocycles. The number of carbonyl (C=O) groups excluding carboxylic acids is 1. The summed E-state index contributed by atoms with van der Waals surface area (Å²) in [5.41, 5.74) is 2.79. The molecule has 0 unspecified atom stereocenters. The number of carbonyl (C=O) groups is 2. The second-order valence-electron chi connectivity index (χ2n) is 3.88. The first kappa shape index (κ1) is 13.7. The van der Waals surface area contributed by atoms with E-state index in [0.717, 1.165) is 0 Å². The molecule has 1 atom stereocenters. The average molecular weight is 276 g/mol. The van der Waals surface area contributed by atoms with E-state index in [1.807, 2.05) is 5.48 Å². The molecule has 8 nitrogen and oxygen atoms in total. The molecule has 0 saturated heterocycles. The minimum atomic E-state index is -1.18. The summed E-state index contributed by atoms with van der Waals surface area (Å²) in [7, 11) is 0. The van der Waals surface area contributed by atoms with Crippen LogP contribution in [0.25, 0.3) is 5.69 Å². The topological polar surface area (TPSA) is 106 Å². The van der Waals surface area contributed by atoms with Crippen molar-refractivity contribution in [2.45, 2.75) is 13.0 Å². The zero-order chi connectivity index (χ0) is 14.5. The first-order valence-electron chi connectivity index (χ1n) is 5.73. The van der Waals surface area contributed by atoms with E-state index in [1.54, 1.807) is 29.2 Å². The first-order valence-corrected chi connectivity index (χ1v) is 5.73. The highest BCUT2D eigenvalue weighted by Gasteiger charge is 2.15. The molecule has 1 amide bonds. The lowest BCUT2D eigenvalue weighted by molar-refractivity contribution is -0.152. The monoisotopic (exact) mass is 276 g/mol. The molecule has 0 radical (unpaired) electrons. The lowest BCUT2D eigenvalue weighted by Crippen LogP contribution is -2.32. The Bertz CT molecular complexity index is 612. The minimum Gasteiger partial charge on any atom is -0.479 e. The van der Waals surface area contributed by atoms with Gasteiger partial charge in [0.1, 0.15) is 5.69 Å². The highest BCUT2D eigenvalue weighted by Crippen LogP contribution is 2.07. The number of hydrogen-bond donors (Lipinski definition) is 2. The molecule has 8 heteroatoms. The van der Waals surface area contributed by atoms with Gasteiger partial charge in [0, 0.05) is 18.6 Å². The average Bonchev–Trinajstić information content (AvgIpc) is 2.98. The van der Waals surface area contributed by atoms with Gasteiger partial charge in [0.05, 0.1) is 5.69 Å². The van der Waals surface area contributed by atoms with Crippen molar-refractivity contribution in [2.24, 2.45) is 0 Å². The highest BCUT2D eigenvalue weighted by atomic mass is 16.7. The summed E-state index contributed by atoms with van der Waals surface area (Å²) in [4.78, 5) is 30.9. The number of aliphatic carboxylic acids is 1. The minimum absolute atomic E-state index is 0.0931. The van der Waals surface area contributed by atoms with E-state index in [4.69, 9.17) is 5.11 Å². The third-order valence-corrected chi connectivity index (χ3v) is 2.42. The summed E-state index contributed by atoms with van der Waals surface area (Å²) in [6.07, 6.45) is 3.64. The Kier molecular flexibility index (Phi) is 4.06. The van der Waals surface area contributed by atoms with Crippen molar-refractivity contribution in [3.05, 3.63) is 42.5 Å². The van der Waals surface area contributed by atoms with Crippen LogP contribution in [0.3, 0.4) is 0 Å². The van der Waals surface area contributed by atoms with Gasteiger partial charge in [0.2, 0.25) is 0 Å². The zero-order valence-corrected chi connectivity index (χ0v) is 10.6. The predicted octanol–water partition coefficient (Wildman–Crippen LogP) is 0.402. The number of aromatic nitrogens is 3. The number of pyridine rings is 1. The highest BCUT2D eigenvalue weighted by molar-refractivity contribution is 5.92. The summed E-state index contributed by atoms with van der Waals surface area (Å²) >= 11 is 0. The molecule has 2 aromatic rings. The van der Waals surface area contributed by atoms with Crippen LogP contribution < -0.4 is 5.48 Å². The standard InChI is InChI=1S/C12H12N4O4/c1-8(12(18)19)20-15-11(17)10-7-9(3-5-13-10)16-6-2-4-14-16/h2-8H,1H3,(H,15,17)(H,18,19)/t8-/m1/s1. The van der Waals surface area contributed by atoms with Crippen molar-refractivity contribution in [1.29, 1.82) is 0 Å². The number of hydroxylamine groups is 1. The maximum atomic E-state index is 11.8. The molecule has 0 aromatic carbocycles. The molecular weight excluding hydrogens is 264 g/mol. The van der Waals surface area contributed by atoms with E-state index < -0.39 is 18.0 Å². The van der Waals surface area contributed by atoms with Crippen LogP contribution in [0.1, 0.15) is 17.4 Å². The number of nitrogens with zero attached hydrogens (tertiary/aromatic N) is 3. The van der Waals surface area contributed by atoms with Gasteiger partial charge in [-0.05, 0) is 25.1 Å². The maximum Gasteiger partial charge on any atom is 0.335 e. The smallest absolute Gasteiger partial charge is 0.335 e. The molecular formula is C12H12N4O4. The van der Waals surface area contributed by atoms with Crippen molar-refractivity contribution in [1.82, 2.24) is 20.2 Å². The molecule has 0 aliphatic rings. The van der Waals surface area contributed by atoms with Gasteiger partial charge in [-0.3, -0.25) is 14.6 Å². The van der Waals surface area contributed by atoms with Crippen LogP contribution in [0.15, 0.2) is 36.8 Å². The number of hydrogen-bond acceptors (Lipinski definition) is 5. The van der Waals surface area contributed by atoms with Crippen molar-refractivity contribution in [3.63, 3.8) is 0 Å². The van der Waals surface area contributed by atoms with Crippen LogP contribution in [0, 0.1) is 0 Å². The van der Waals surface area contributed by atoms with E-state index in [2.05, 4.69) is 14.9 Å². The molecule has 0 aliphatic carbocycles. The summed E-state index contributed by atoms with van der Waals surface area (Å²) in [5.74, 6) is -1.81. The molecule has 0 bridgehead atoms. The van der Waals surface area contributed by atoms with Crippen LogP contribution in [0.5, 0.6) is 0 Å². The van der Waals surface area contributed by atoms with Crippen molar-refractivity contribution in [2.75, 3.05) is 0 Å². The lowest BCUT2D eigenvalue weighted by Gasteiger charge is -2.09. The quantitative estimate of drug-likeness (QED) is 0.766. The summed E-state index contributed by atoms with van der Waals surface area (Å²) < 4.78 is 1.57. The van der Waals surface area contributed by atoms with Gasteiger partial charge < -0.3 is 5.11 Å². The van der Waals surface area contributed by atoms with Crippen molar-refractivity contribution >= 4 is 11.9 Å². The Morgan fingerprint density at radius 1 is 1.45 bits per heavy atom. The van der Waals surface area contributed by atoms with Crippen LogP contribution in [-0.2, 0) is 9.63 Å². The molecule has 0 spiro atoms. The SMILES string of the molecule is C[C@@H](ONC(=O)c1cc(-n2cccn2)ccn1)C(=O)O. The number of nitrogens with one attached hydrogen (secondary N) is 1. The Labute approximate surface area is 114 Å². The van der Waals surface area contributed by atoms with E-state index in [-0.39, 0.29) is 5.69 Å². The van der Waals surface area contributed by atoms with Crippen LogP contribution >= 0.6 is 0 Å². The summed E-state index contributed by atoms with van der Waals surface area (Å²) in [6.45, 7) is 1.30. The van der Waals surface area contributed by atoms with Crippen molar-refractivity contribution < 1.29 is 19.5 Å². The second kappa shape index (κ2) is 5.93. The van der Waals surface area contributed by atoms with Crippen LogP contribution in [0.2, 0.25) is 0 Å². The number of carboxylic acids is 1. The molecule has 2 N–H and O–H groups in total. The Morgan fingerprint density at radius 3 is 2.90 bits per heavy atom. The van der Waals surface area contributed by atoms with E-state index in [0.29, 0.717) is 5.69 Å². The van der Waals surface area contributed by atoms with Gasteiger partial charge in [0.25, 0.3) is 5.91 Å². The van der Waals surface area contributed by atoms with E-state index in [9.17, 15) is 9.59 Å². The van der Waals surface area contributed by atoms with Gasteiger partial charge in [-0.1, -0.05) is 0 Å². The van der Waals surface area contributed by atoms with Gasteiger partial charge in [0.15, 0.2) is 6.10 Å². The molecule has 20 heavy (non-hydrogen) atoms. The number of carboxylic acid groups (broad SMARTS) is 1. The van der Waals surface area contributed by atoms with E-state index >= 15 is 0 Å². The predicted molar refractivity (Wildman–Crippen MR) is 67.0 cm³/mol. The number of amides is 1. The van der Waals surface area contributed by atoms with Crippen molar-refractivity contribution in [3.8, 4) is 5.69 Å². The van der Waals surface area contributed by atoms with Crippen LogP contribution in [0.4, 0.5) is 0 Å². The fourth-order valence-electron chi connectivity index (χ4n) is 1.35. The molecule has 2 heterocycles. The third-order valence-electron chi connectivity index (χ3n) is 2.42. The number of rotatable bonds is 5. The normalized spacial score (nSPS) is 11.8. The van der Waals surface area contributed by atoms with Gasteiger partial charge in [-0.2, -0.15) is 5.10 Å². The zero-order valence-electron chi connectivity index (χ0n) is 10.6. The summed E-state index contributed by atoms with van der Waals surface area (Å²) in [5, 5.41) is 12.7. The van der Waals surface area contributed by atoms with Gasteiger partial charge in [-0.15, -0.1) is 0 Å². The maximum absolute atomic E-state index is 11.8.